The van der Waals surface area contributed by atoms with Crippen molar-refractivity contribution in [2.45, 2.75) is 13.8 Å². The van der Waals surface area contributed by atoms with E-state index in [4.69, 9.17) is 0 Å². The van der Waals surface area contributed by atoms with E-state index in [0.29, 0.717) is 5.56 Å². The summed E-state index contributed by atoms with van der Waals surface area (Å²) < 4.78 is 31.4. The van der Waals surface area contributed by atoms with Gasteiger partial charge in [0.2, 0.25) is 0 Å². The van der Waals surface area contributed by atoms with Gasteiger partial charge in [-0.05, 0) is 31.0 Å². The standard InChI is InChI=1S/C14H15F2NO3/c1-7-5-10(15)12(16)8(2)11(7)13(18)9(6-17-3)14(19)20-4/h5-6,18H,1-4H3. The number of carbonyl (C=O) groups is 1. The molecule has 1 rings (SSSR count). The van der Waals surface area contributed by atoms with E-state index < -0.39 is 23.4 Å². The Kier molecular flexibility index (Phi) is 4.96. The van der Waals surface area contributed by atoms with Crippen molar-refractivity contribution in [1.29, 1.82) is 0 Å². The third-order valence-electron chi connectivity index (χ3n) is 2.81. The highest BCUT2D eigenvalue weighted by molar-refractivity contribution is 6.15. The molecule has 0 heterocycles. The fourth-order valence-corrected chi connectivity index (χ4v) is 1.86. The molecule has 1 N–H and O–H groups in total. The van der Waals surface area contributed by atoms with Crippen LogP contribution >= 0.6 is 0 Å². The lowest BCUT2D eigenvalue weighted by Gasteiger charge is -2.12. The molecule has 0 amide bonds. The number of nitrogens with zero attached hydrogens (tertiary/aromatic N) is 1. The number of carbonyl (C=O) groups excluding carboxylic acids is 1. The maximum absolute atomic E-state index is 13.6. The number of rotatable bonds is 3. The maximum atomic E-state index is 13.6. The molecule has 1 aromatic carbocycles. The number of aliphatic hydroxyl groups is 1. The van der Waals surface area contributed by atoms with Gasteiger partial charge in [0.1, 0.15) is 11.3 Å². The average Bonchev–Trinajstić information content (AvgIpc) is 2.41. The normalized spacial score (nSPS) is 12.5. The van der Waals surface area contributed by atoms with E-state index in [1.54, 1.807) is 0 Å². The van der Waals surface area contributed by atoms with E-state index in [9.17, 15) is 18.7 Å². The van der Waals surface area contributed by atoms with Crippen LogP contribution in [-0.4, -0.2) is 31.4 Å². The molecule has 0 fully saturated rings. The smallest absolute Gasteiger partial charge is 0.343 e. The number of aryl methyl sites for hydroxylation is 1. The van der Waals surface area contributed by atoms with Gasteiger partial charge >= 0.3 is 5.97 Å². The maximum Gasteiger partial charge on any atom is 0.343 e. The van der Waals surface area contributed by atoms with Crippen molar-refractivity contribution in [3.63, 3.8) is 0 Å². The predicted octanol–water partition coefficient (Wildman–Crippen LogP) is 2.72. The third-order valence-corrected chi connectivity index (χ3v) is 2.81. The molecule has 0 radical (unpaired) electrons. The molecule has 0 aliphatic heterocycles. The second-order valence-corrected chi connectivity index (χ2v) is 4.13. The quantitative estimate of drug-likeness (QED) is 0.401. The first-order valence-electron chi connectivity index (χ1n) is 5.74. The summed E-state index contributed by atoms with van der Waals surface area (Å²) in [7, 11) is 2.55. The highest BCUT2D eigenvalue weighted by atomic mass is 19.2. The summed E-state index contributed by atoms with van der Waals surface area (Å²) >= 11 is 0. The van der Waals surface area contributed by atoms with E-state index >= 15 is 0 Å². The number of benzene rings is 1. The van der Waals surface area contributed by atoms with Crippen LogP contribution in [0.25, 0.3) is 5.76 Å². The number of halogens is 2. The molecular formula is C14H15F2NO3. The zero-order chi connectivity index (χ0) is 15.4. The molecule has 4 nitrogen and oxygen atoms in total. The minimum Gasteiger partial charge on any atom is -0.506 e. The first-order chi connectivity index (χ1) is 9.34. The van der Waals surface area contributed by atoms with E-state index in [1.807, 2.05) is 0 Å². The summed E-state index contributed by atoms with van der Waals surface area (Å²) in [5, 5.41) is 10.2. The molecule has 0 atom stereocenters. The average molecular weight is 283 g/mol. The number of hydrogen-bond acceptors (Lipinski definition) is 4. The summed E-state index contributed by atoms with van der Waals surface area (Å²) in [5.41, 5.74) is 0.0205. The van der Waals surface area contributed by atoms with Crippen LogP contribution in [0.15, 0.2) is 16.6 Å². The van der Waals surface area contributed by atoms with Crippen molar-refractivity contribution in [1.82, 2.24) is 0 Å². The Balaban J connectivity index is 3.65. The Morgan fingerprint density at radius 3 is 2.50 bits per heavy atom. The van der Waals surface area contributed by atoms with Crippen LogP contribution in [0.2, 0.25) is 0 Å². The topological polar surface area (TPSA) is 58.9 Å². The Morgan fingerprint density at radius 1 is 1.40 bits per heavy atom. The van der Waals surface area contributed by atoms with Crippen molar-refractivity contribution in [2.24, 2.45) is 4.99 Å². The van der Waals surface area contributed by atoms with Crippen molar-refractivity contribution >= 4 is 17.9 Å². The summed E-state index contributed by atoms with van der Waals surface area (Å²) in [6.07, 6.45) is 1.10. The lowest BCUT2D eigenvalue weighted by atomic mass is 9.97. The number of aliphatic hydroxyl groups excluding tert-OH is 1. The SMILES string of the molecule is CN=CC(C(=O)OC)=C(O)c1c(C)cc(F)c(F)c1C. The van der Waals surface area contributed by atoms with Crippen LogP contribution in [0.1, 0.15) is 16.7 Å². The molecule has 0 unspecified atom stereocenters. The van der Waals surface area contributed by atoms with Gasteiger partial charge in [-0.25, -0.2) is 13.6 Å². The molecular weight excluding hydrogens is 268 g/mol. The largest absolute Gasteiger partial charge is 0.506 e. The highest BCUT2D eigenvalue weighted by Crippen LogP contribution is 2.27. The van der Waals surface area contributed by atoms with Gasteiger partial charge in [0.25, 0.3) is 0 Å². The van der Waals surface area contributed by atoms with Crippen LogP contribution in [0.3, 0.4) is 0 Å². The van der Waals surface area contributed by atoms with Crippen molar-refractivity contribution in [3.05, 3.63) is 40.0 Å². The first kappa shape index (κ1) is 15.8. The summed E-state index contributed by atoms with van der Waals surface area (Å²) in [5.74, 6) is -3.41. The fraction of sp³-hybridized carbons (Fsp3) is 0.286. The van der Waals surface area contributed by atoms with Crippen LogP contribution < -0.4 is 0 Å². The van der Waals surface area contributed by atoms with Crippen LogP contribution in [-0.2, 0) is 9.53 Å². The van der Waals surface area contributed by atoms with Gasteiger partial charge in [-0.2, -0.15) is 0 Å². The van der Waals surface area contributed by atoms with Gasteiger partial charge in [-0.1, -0.05) is 0 Å². The van der Waals surface area contributed by atoms with Gasteiger partial charge in [0.15, 0.2) is 11.6 Å². The van der Waals surface area contributed by atoms with Gasteiger partial charge in [0.05, 0.1) is 7.11 Å². The summed E-state index contributed by atoms with van der Waals surface area (Å²) in [6, 6.07) is 0.950. The molecule has 0 bridgehead atoms. The van der Waals surface area contributed by atoms with Gasteiger partial charge in [0, 0.05) is 18.8 Å². The molecule has 20 heavy (non-hydrogen) atoms. The minimum absolute atomic E-state index is 0.0456. The van der Waals surface area contributed by atoms with Crippen LogP contribution in [0.4, 0.5) is 8.78 Å². The van der Waals surface area contributed by atoms with Crippen molar-refractivity contribution in [2.75, 3.05) is 14.2 Å². The molecule has 0 spiro atoms. The van der Waals surface area contributed by atoms with Gasteiger partial charge in [-0.15, -0.1) is 0 Å². The van der Waals surface area contributed by atoms with Gasteiger partial charge < -0.3 is 9.84 Å². The highest BCUT2D eigenvalue weighted by Gasteiger charge is 2.21. The van der Waals surface area contributed by atoms with E-state index in [1.165, 1.54) is 20.9 Å². The Labute approximate surface area is 115 Å². The predicted molar refractivity (Wildman–Crippen MR) is 71.8 cm³/mol. The second-order valence-electron chi connectivity index (χ2n) is 4.13. The van der Waals surface area contributed by atoms with Crippen LogP contribution in [0.5, 0.6) is 0 Å². The number of esters is 1. The zero-order valence-electron chi connectivity index (χ0n) is 11.6. The lowest BCUT2D eigenvalue weighted by Crippen LogP contribution is -2.11. The summed E-state index contributed by atoms with van der Waals surface area (Å²) in [6.45, 7) is 2.81. The van der Waals surface area contributed by atoms with Gasteiger partial charge in [-0.3, -0.25) is 4.99 Å². The minimum atomic E-state index is -1.07. The lowest BCUT2D eigenvalue weighted by molar-refractivity contribution is -0.135. The Bertz CT molecular complexity index is 607. The number of aliphatic imine (C=N–C) groups is 1. The van der Waals surface area contributed by atoms with E-state index in [2.05, 4.69) is 9.73 Å². The zero-order valence-corrected chi connectivity index (χ0v) is 11.6. The third kappa shape index (κ3) is 2.84. The fourth-order valence-electron chi connectivity index (χ4n) is 1.86. The summed E-state index contributed by atoms with van der Waals surface area (Å²) in [4.78, 5) is 15.2. The molecule has 0 aliphatic carbocycles. The van der Waals surface area contributed by atoms with Crippen molar-refractivity contribution < 1.29 is 23.4 Å². The molecule has 0 saturated carbocycles. The molecule has 0 saturated heterocycles. The molecule has 6 heteroatoms. The molecule has 108 valence electrons. The number of methoxy groups -OCH3 is 1. The molecule has 1 aromatic rings. The van der Waals surface area contributed by atoms with Crippen molar-refractivity contribution in [3.8, 4) is 0 Å². The second kappa shape index (κ2) is 6.27. The number of hydrogen-bond donors (Lipinski definition) is 1. The Morgan fingerprint density at radius 2 is 2.00 bits per heavy atom. The van der Waals surface area contributed by atoms with E-state index in [0.717, 1.165) is 19.4 Å². The Hall–Kier alpha value is -2.24. The number of ether oxygens (including phenoxy) is 1. The first-order valence-corrected chi connectivity index (χ1v) is 5.74. The molecule has 0 aromatic heterocycles. The molecule has 0 aliphatic rings. The van der Waals surface area contributed by atoms with Crippen LogP contribution in [0, 0.1) is 25.5 Å². The monoisotopic (exact) mass is 283 g/mol. The van der Waals surface area contributed by atoms with E-state index in [-0.39, 0.29) is 16.7 Å².